The van der Waals surface area contributed by atoms with E-state index in [1.54, 1.807) is 36.4 Å². The average molecular weight is 496 g/mol. The van der Waals surface area contributed by atoms with Crippen molar-refractivity contribution in [1.29, 1.82) is 0 Å². The number of fused-ring (bicyclic) bond motifs is 3. The first-order chi connectivity index (χ1) is 16.2. The van der Waals surface area contributed by atoms with Gasteiger partial charge in [0.15, 0.2) is 0 Å². The lowest BCUT2D eigenvalue weighted by Gasteiger charge is -2.38. The molecular weight excluding hydrogens is 474 g/mol. The number of nitro benzene ring substituents is 1. The molecule has 0 saturated carbocycles. The van der Waals surface area contributed by atoms with Crippen molar-refractivity contribution in [1.82, 2.24) is 0 Å². The summed E-state index contributed by atoms with van der Waals surface area (Å²) in [7, 11) is -3.78. The monoisotopic (exact) mass is 495 g/mol. The van der Waals surface area contributed by atoms with E-state index in [1.807, 2.05) is 19.1 Å². The number of aryl methyl sites for hydroxylation is 1. The largest absolute Gasteiger partial charge is 0.378 e. The first-order valence-electron chi connectivity index (χ1n) is 10.8. The van der Waals surface area contributed by atoms with Crippen molar-refractivity contribution in [2.45, 2.75) is 30.2 Å². The van der Waals surface area contributed by atoms with Crippen LogP contribution in [0.25, 0.3) is 0 Å². The van der Waals surface area contributed by atoms with Crippen LogP contribution in [-0.4, -0.2) is 13.3 Å². The molecule has 2 aliphatic rings. The Kier molecular flexibility index (Phi) is 5.58. The molecule has 3 aromatic carbocycles. The number of non-ortho nitro benzene ring substituents is 1. The van der Waals surface area contributed by atoms with Gasteiger partial charge >= 0.3 is 0 Å². The van der Waals surface area contributed by atoms with Crippen LogP contribution in [0.1, 0.15) is 35.1 Å². The van der Waals surface area contributed by atoms with E-state index in [-0.39, 0.29) is 28.5 Å². The molecule has 1 heterocycles. The van der Waals surface area contributed by atoms with Crippen molar-refractivity contribution >= 4 is 38.7 Å². The number of halogens is 1. The minimum absolute atomic E-state index is 0.0155. The van der Waals surface area contributed by atoms with Crippen LogP contribution < -0.4 is 10.0 Å². The highest BCUT2D eigenvalue weighted by molar-refractivity contribution is 7.92. The van der Waals surface area contributed by atoms with E-state index in [1.165, 1.54) is 12.1 Å². The molecule has 1 aliphatic carbocycles. The maximum absolute atomic E-state index is 13.1. The van der Waals surface area contributed by atoms with Gasteiger partial charge in [-0.05, 0) is 60.7 Å². The molecular formula is C25H22ClN3O4S. The minimum Gasteiger partial charge on any atom is -0.378 e. The summed E-state index contributed by atoms with van der Waals surface area (Å²) < 4.78 is 28.9. The first kappa shape index (κ1) is 22.4. The highest BCUT2D eigenvalue weighted by Gasteiger charge is 2.39. The van der Waals surface area contributed by atoms with Crippen molar-refractivity contribution < 1.29 is 13.3 Å². The van der Waals surface area contributed by atoms with Gasteiger partial charge in [0, 0.05) is 34.3 Å². The number of nitrogens with zero attached hydrogens (tertiary/aromatic N) is 1. The number of hydrogen-bond donors (Lipinski definition) is 2. The van der Waals surface area contributed by atoms with Gasteiger partial charge in [-0.25, -0.2) is 8.42 Å². The maximum atomic E-state index is 13.1. The molecule has 0 spiro atoms. The van der Waals surface area contributed by atoms with Gasteiger partial charge in [-0.15, -0.1) is 0 Å². The summed E-state index contributed by atoms with van der Waals surface area (Å²) in [5.74, 6) is 0.0134. The topological polar surface area (TPSA) is 101 Å². The Labute approximate surface area is 202 Å². The fourth-order valence-electron chi connectivity index (χ4n) is 4.82. The SMILES string of the molecule is Cc1ccccc1NS(=O)(=O)c1ccc2c(c1)[C@H]1C=CC[C@H]1[C@@H](c1cc([N+](=O)[O-])ccc1Cl)N2. The summed E-state index contributed by atoms with van der Waals surface area (Å²) in [6, 6.07) is 16.5. The Morgan fingerprint density at radius 3 is 2.65 bits per heavy atom. The Hall–Kier alpha value is -3.36. The van der Waals surface area contributed by atoms with Crippen molar-refractivity contribution in [3.63, 3.8) is 0 Å². The van der Waals surface area contributed by atoms with Gasteiger partial charge < -0.3 is 5.32 Å². The van der Waals surface area contributed by atoms with Gasteiger partial charge in [-0.1, -0.05) is 42.0 Å². The van der Waals surface area contributed by atoms with E-state index in [2.05, 4.69) is 22.2 Å². The van der Waals surface area contributed by atoms with Crippen LogP contribution in [0.2, 0.25) is 5.02 Å². The molecule has 2 N–H and O–H groups in total. The van der Waals surface area contributed by atoms with Crippen LogP contribution in [0, 0.1) is 23.0 Å². The molecule has 0 fully saturated rings. The average Bonchev–Trinajstić information content (AvgIpc) is 3.30. The fraction of sp³-hybridized carbons (Fsp3) is 0.200. The predicted molar refractivity (Wildman–Crippen MR) is 133 cm³/mol. The zero-order valence-corrected chi connectivity index (χ0v) is 19.8. The van der Waals surface area contributed by atoms with E-state index < -0.39 is 14.9 Å². The number of allylic oxidation sites excluding steroid dienone is 2. The normalized spacial score (nSPS) is 20.8. The number of benzene rings is 3. The molecule has 0 saturated heterocycles. The zero-order valence-electron chi connectivity index (χ0n) is 18.2. The summed E-state index contributed by atoms with van der Waals surface area (Å²) in [4.78, 5) is 11.1. The van der Waals surface area contributed by atoms with Crippen LogP contribution in [0.15, 0.2) is 77.7 Å². The molecule has 0 unspecified atom stereocenters. The lowest BCUT2D eigenvalue weighted by Crippen LogP contribution is -2.29. The maximum Gasteiger partial charge on any atom is 0.269 e. The Balaban J connectivity index is 1.52. The van der Waals surface area contributed by atoms with Gasteiger partial charge in [0.05, 0.1) is 21.5 Å². The van der Waals surface area contributed by atoms with E-state index in [4.69, 9.17) is 11.6 Å². The third kappa shape index (κ3) is 3.93. The van der Waals surface area contributed by atoms with Crippen LogP contribution in [0.5, 0.6) is 0 Å². The Morgan fingerprint density at radius 2 is 1.88 bits per heavy atom. The third-order valence-electron chi connectivity index (χ3n) is 6.56. The number of hydrogen-bond acceptors (Lipinski definition) is 5. The number of rotatable bonds is 5. The summed E-state index contributed by atoms with van der Waals surface area (Å²) in [5, 5.41) is 15.2. The molecule has 0 aromatic heterocycles. The lowest BCUT2D eigenvalue weighted by molar-refractivity contribution is -0.384. The lowest BCUT2D eigenvalue weighted by atomic mass is 9.77. The van der Waals surface area contributed by atoms with E-state index in [0.29, 0.717) is 16.3 Å². The number of nitro groups is 1. The highest BCUT2D eigenvalue weighted by atomic mass is 35.5. The molecule has 3 aromatic rings. The third-order valence-corrected chi connectivity index (χ3v) is 8.27. The summed E-state index contributed by atoms with van der Waals surface area (Å²) >= 11 is 6.46. The van der Waals surface area contributed by atoms with E-state index in [9.17, 15) is 18.5 Å². The van der Waals surface area contributed by atoms with Gasteiger partial charge in [0.2, 0.25) is 0 Å². The molecule has 34 heavy (non-hydrogen) atoms. The minimum atomic E-state index is -3.78. The van der Waals surface area contributed by atoms with Crippen molar-refractivity contribution in [2.24, 2.45) is 5.92 Å². The van der Waals surface area contributed by atoms with Gasteiger partial charge in [-0.3, -0.25) is 14.8 Å². The molecule has 5 rings (SSSR count). The molecule has 0 amide bonds. The number of para-hydroxylation sites is 1. The van der Waals surface area contributed by atoms with Crippen molar-refractivity contribution in [3.8, 4) is 0 Å². The molecule has 3 atom stereocenters. The zero-order chi connectivity index (χ0) is 24.0. The number of nitrogens with one attached hydrogen (secondary N) is 2. The Morgan fingerprint density at radius 1 is 1.09 bits per heavy atom. The van der Waals surface area contributed by atoms with Gasteiger partial charge in [-0.2, -0.15) is 0 Å². The second-order valence-corrected chi connectivity index (χ2v) is 10.7. The van der Waals surface area contributed by atoms with Crippen LogP contribution in [-0.2, 0) is 10.0 Å². The molecule has 174 valence electrons. The summed E-state index contributed by atoms with van der Waals surface area (Å²) in [6.07, 6.45) is 4.89. The molecule has 1 aliphatic heterocycles. The van der Waals surface area contributed by atoms with E-state index >= 15 is 0 Å². The molecule has 0 bridgehead atoms. The second kappa shape index (κ2) is 8.45. The second-order valence-electron chi connectivity index (χ2n) is 8.61. The van der Waals surface area contributed by atoms with Crippen LogP contribution in [0.4, 0.5) is 17.1 Å². The molecule has 9 heteroatoms. The summed E-state index contributed by atoms with van der Waals surface area (Å²) in [6.45, 7) is 1.85. The quantitative estimate of drug-likeness (QED) is 0.250. The smallest absolute Gasteiger partial charge is 0.269 e. The van der Waals surface area contributed by atoms with Gasteiger partial charge in [0.25, 0.3) is 15.7 Å². The van der Waals surface area contributed by atoms with Crippen molar-refractivity contribution in [3.05, 3.63) is 105 Å². The summed E-state index contributed by atoms with van der Waals surface area (Å²) in [5.41, 5.74) is 3.69. The van der Waals surface area contributed by atoms with Crippen LogP contribution >= 0.6 is 11.6 Å². The fourth-order valence-corrected chi connectivity index (χ4v) is 6.22. The van der Waals surface area contributed by atoms with Crippen molar-refractivity contribution in [2.75, 3.05) is 10.0 Å². The standard InChI is InChI=1S/C25H22ClN3O4S/c1-15-5-2-3-8-23(15)28-34(32,33)17-10-12-24-20(14-17)18-6-4-7-19(18)25(27-24)21-13-16(29(30)31)9-11-22(21)26/h2-6,8-14,18-19,25,27-28H,7H2,1H3/t18-,19+,25-/m0/s1. The predicted octanol–water partition coefficient (Wildman–Crippen LogP) is 6.18. The molecule has 7 nitrogen and oxygen atoms in total. The number of sulfonamides is 1. The first-order valence-corrected chi connectivity index (χ1v) is 12.7. The van der Waals surface area contributed by atoms with Crippen LogP contribution in [0.3, 0.4) is 0 Å². The Bertz CT molecular complexity index is 1440. The molecule has 0 radical (unpaired) electrons. The van der Waals surface area contributed by atoms with E-state index in [0.717, 1.165) is 23.2 Å². The van der Waals surface area contributed by atoms with Gasteiger partial charge in [0.1, 0.15) is 0 Å². The number of anilines is 2. The highest BCUT2D eigenvalue weighted by Crippen LogP contribution is 2.51.